The maximum atomic E-state index is 12.4. The van der Waals surface area contributed by atoms with Gasteiger partial charge in [-0.3, -0.25) is 0 Å². The van der Waals surface area contributed by atoms with Gasteiger partial charge in [-0.05, 0) is 54.6 Å². The molecule has 1 aliphatic heterocycles. The van der Waals surface area contributed by atoms with Gasteiger partial charge in [-0.25, -0.2) is 4.79 Å². The molecule has 0 saturated heterocycles. The Morgan fingerprint density at radius 2 is 1.69 bits per heavy atom. The van der Waals surface area contributed by atoms with Crippen LogP contribution in [0.2, 0.25) is 0 Å². The fourth-order valence-electron chi connectivity index (χ4n) is 4.20. The monoisotopic (exact) mass is 499 g/mol. The number of carboxylic acid groups (broad SMARTS) is 1. The van der Waals surface area contributed by atoms with Crippen LogP contribution >= 0.6 is 0 Å². The molecule has 10 heteroatoms. The van der Waals surface area contributed by atoms with Gasteiger partial charge in [0.15, 0.2) is 5.58 Å². The molecule has 186 valence electrons. The lowest BCUT2D eigenvalue weighted by molar-refractivity contribution is -0.274. The quantitative estimate of drug-likeness (QED) is 0.320. The van der Waals surface area contributed by atoms with Crippen molar-refractivity contribution in [2.45, 2.75) is 32.2 Å². The van der Waals surface area contributed by atoms with Crippen LogP contribution < -0.4 is 14.2 Å². The summed E-state index contributed by atoms with van der Waals surface area (Å²) < 4.78 is 58.3. The molecular formula is C26H20F3NO6. The Balaban J connectivity index is 1.35. The maximum Gasteiger partial charge on any atom is 0.573 e. The predicted molar refractivity (Wildman–Crippen MR) is 122 cm³/mol. The minimum Gasteiger partial charge on any atom is -0.478 e. The van der Waals surface area contributed by atoms with Crippen LogP contribution in [0.25, 0.3) is 22.2 Å². The SMILES string of the molecule is CC(C)C1(C(=O)O)Cc2cc(Oc3ccc4c(-c5ccc(OC(F)(F)F)cc5)noc4c3)ccc2O1. The number of alkyl halides is 3. The van der Waals surface area contributed by atoms with Crippen LogP contribution in [0.5, 0.6) is 23.0 Å². The topological polar surface area (TPSA) is 91.0 Å². The van der Waals surface area contributed by atoms with Crippen LogP contribution in [0.3, 0.4) is 0 Å². The molecule has 36 heavy (non-hydrogen) atoms. The zero-order chi connectivity index (χ0) is 25.7. The van der Waals surface area contributed by atoms with Crippen LogP contribution in [0.4, 0.5) is 13.2 Å². The Kier molecular flexibility index (Phi) is 5.54. The summed E-state index contributed by atoms with van der Waals surface area (Å²) in [7, 11) is 0. The Labute approximate surface area is 203 Å². The minimum absolute atomic E-state index is 0.226. The average Bonchev–Trinajstić information content (AvgIpc) is 3.40. The summed E-state index contributed by atoms with van der Waals surface area (Å²) in [6, 6.07) is 15.6. The molecule has 0 saturated carbocycles. The van der Waals surface area contributed by atoms with E-state index in [1.807, 2.05) is 13.8 Å². The molecule has 3 aromatic carbocycles. The summed E-state index contributed by atoms with van der Waals surface area (Å²) in [5.74, 6) is -0.0923. The third-order valence-corrected chi connectivity index (χ3v) is 6.11. The molecule has 1 unspecified atom stereocenters. The first-order valence-electron chi connectivity index (χ1n) is 11.0. The largest absolute Gasteiger partial charge is 0.573 e. The molecule has 0 radical (unpaired) electrons. The van der Waals surface area contributed by atoms with Gasteiger partial charge in [0.25, 0.3) is 0 Å². The van der Waals surface area contributed by atoms with E-state index < -0.39 is 17.9 Å². The molecule has 1 N–H and O–H groups in total. The highest BCUT2D eigenvalue weighted by Gasteiger charge is 2.49. The van der Waals surface area contributed by atoms with Crippen molar-refractivity contribution in [2.24, 2.45) is 5.92 Å². The van der Waals surface area contributed by atoms with E-state index in [0.29, 0.717) is 39.5 Å². The Morgan fingerprint density at radius 3 is 2.36 bits per heavy atom. The smallest absolute Gasteiger partial charge is 0.478 e. The molecule has 0 amide bonds. The van der Waals surface area contributed by atoms with E-state index in [9.17, 15) is 23.1 Å². The Bertz CT molecular complexity index is 1440. The van der Waals surface area contributed by atoms with E-state index in [0.717, 1.165) is 5.56 Å². The molecule has 0 spiro atoms. The molecule has 2 heterocycles. The number of carbonyl (C=O) groups is 1. The number of aliphatic carboxylic acids is 1. The normalized spacial score (nSPS) is 17.2. The summed E-state index contributed by atoms with van der Waals surface area (Å²) in [5.41, 5.74) is 0.871. The summed E-state index contributed by atoms with van der Waals surface area (Å²) >= 11 is 0. The van der Waals surface area contributed by atoms with E-state index in [4.69, 9.17) is 14.0 Å². The lowest BCUT2D eigenvalue weighted by Crippen LogP contribution is -2.48. The standard InChI is InChI=1S/C26H20F3NO6/c1-14(2)25(24(31)32)13-16-11-18(8-10-21(16)35-25)33-19-7-9-20-22(12-19)36-30-23(20)15-3-5-17(6-4-15)34-26(27,28)29/h3-12,14H,13H2,1-2H3,(H,31,32). The Morgan fingerprint density at radius 1 is 1.03 bits per heavy atom. The van der Waals surface area contributed by atoms with Crippen molar-refractivity contribution in [1.82, 2.24) is 5.16 Å². The highest BCUT2D eigenvalue weighted by atomic mass is 19.4. The third-order valence-electron chi connectivity index (χ3n) is 6.11. The van der Waals surface area contributed by atoms with E-state index in [1.54, 1.807) is 36.4 Å². The third kappa shape index (κ3) is 4.30. The van der Waals surface area contributed by atoms with E-state index in [-0.39, 0.29) is 18.1 Å². The van der Waals surface area contributed by atoms with E-state index in [1.165, 1.54) is 24.3 Å². The van der Waals surface area contributed by atoms with Crippen LogP contribution in [0.1, 0.15) is 19.4 Å². The van der Waals surface area contributed by atoms with Gasteiger partial charge in [0.1, 0.15) is 28.7 Å². The van der Waals surface area contributed by atoms with Gasteiger partial charge in [0.2, 0.25) is 5.60 Å². The second kappa shape index (κ2) is 8.47. The van der Waals surface area contributed by atoms with Crippen LogP contribution in [0, 0.1) is 5.92 Å². The number of halogens is 3. The van der Waals surface area contributed by atoms with Crippen LogP contribution in [-0.4, -0.2) is 28.2 Å². The van der Waals surface area contributed by atoms with Gasteiger partial charge in [-0.15, -0.1) is 13.2 Å². The number of hydrogen-bond donors (Lipinski definition) is 1. The number of benzene rings is 3. The highest BCUT2D eigenvalue weighted by Crippen LogP contribution is 2.42. The molecule has 0 bridgehead atoms. The zero-order valence-electron chi connectivity index (χ0n) is 19.1. The Hall–Kier alpha value is -4.21. The van der Waals surface area contributed by atoms with Crippen LogP contribution in [0.15, 0.2) is 65.2 Å². The van der Waals surface area contributed by atoms with Gasteiger partial charge in [-0.1, -0.05) is 19.0 Å². The maximum absolute atomic E-state index is 12.4. The van der Waals surface area contributed by atoms with Gasteiger partial charge in [0.05, 0.1) is 0 Å². The van der Waals surface area contributed by atoms with E-state index in [2.05, 4.69) is 9.89 Å². The number of ether oxygens (including phenoxy) is 3. The summed E-state index contributed by atoms with van der Waals surface area (Å²) in [6.07, 6.45) is -4.54. The second-order valence-corrected chi connectivity index (χ2v) is 8.76. The van der Waals surface area contributed by atoms with Crippen molar-refractivity contribution in [3.63, 3.8) is 0 Å². The van der Waals surface area contributed by atoms with Gasteiger partial charge < -0.3 is 23.8 Å². The average molecular weight is 499 g/mol. The first-order chi connectivity index (χ1) is 17.0. The van der Waals surface area contributed by atoms with Crippen LogP contribution in [-0.2, 0) is 11.2 Å². The van der Waals surface area contributed by atoms with E-state index >= 15 is 0 Å². The molecule has 4 aromatic rings. The first kappa shape index (κ1) is 23.5. The summed E-state index contributed by atoms with van der Waals surface area (Å²) in [5, 5.41) is 14.4. The fraction of sp³-hybridized carbons (Fsp3) is 0.231. The molecule has 1 aliphatic rings. The number of carboxylic acids is 1. The zero-order valence-corrected chi connectivity index (χ0v) is 19.1. The number of hydrogen-bond acceptors (Lipinski definition) is 6. The van der Waals surface area contributed by atoms with Crippen molar-refractivity contribution in [3.05, 3.63) is 66.2 Å². The van der Waals surface area contributed by atoms with Crippen molar-refractivity contribution in [1.29, 1.82) is 0 Å². The fourth-order valence-corrected chi connectivity index (χ4v) is 4.20. The number of aromatic nitrogens is 1. The summed E-state index contributed by atoms with van der Waals surface area (Å²) in [4.78, 5) is 11.9. The molecule has 1 atom stereocenters. The number of nitrogens with zero attached hydrogens (tertiary/aromatic N) is 1. The molecule has 5 rings (SSSR count). The lowest BCUT2D eigenvalue weighted by atomic mass is 9.86. The molecule has 7 nitrogen and oxygen atoms in total. The van der Waals surface area contributed by atoms with Crippen molar-refractivity contribution < 1.29 is 41.8 Å². The molecule has 0 fully saturated rings. The van der Waals surface area contributed by atoms with Crippen molar-refractivity contribution in [3.8, 4) is 34.3 Å². The number of fused-ring (bicyclic) bond motifs is 2. The van der Waals surface area contributed by atoms with Gasteiger partial charge in [0, 0.05) is 34.9 Å². The molecule has 0 aliphatic carbocycles. The second-order valence-electron chi connectivity index (χ2n) is 8.76. The van der Waals surface area contributed by atoms with Gasteiger partial charge >= 0.3 is 12.3 Å². The van der Waals surface area contributed by atoms with Crippen molar-refractivity contribution >= 4 is 16.9 Å². The van der Waals surface area contributed by atoms with Gasteiger partial charge in [-0.2, -0.15) is 0 Å². The number of rotatable bonds is 6. The van der Waals surface area contributed by atoms with Crippen molar-refractivity contribution in [2.75, 3.05) is 0 Å². The minimum atomic E-state index is -4.77. The summed E-state index contributed by atoms with van der Waals surface area (Å²) in [6.45, 7) is 3.62. The highest BCUT2D eigenvalue weighted by molar-refractivity contribution is 5.92. The molecule has 1 aromatic heterocycles. The first-order valence-corrected chi connectivity index (χ1v) is 11.0. The predicted octanol–water partition coefficient (Wildman–Crippen LogP) is 6.60. The lowest BCUT2D eigenvalue weighted by Gasteiger charge is -2.27. The molecular weight excluding hydrogens is 479 g/mol.